The van der Waals surface area contributed by atoms with Crippen molar-refractivity contribution >= 4 is 21.6 Å². The first-order chi connectivity index (χ1) is 11.0. The molecule has 0 atom stereocenters. The summed E-state index contributed by atoms with van der Waals surface area (Å²) in [5.41, 5.74) is 0.748. The topological polar surface area (TPSA) is 55.8 Å². The third-order valence-electron chi connectivity index (χ3n) is 3.57. The summed E-state index contributed by atoms with van der Waals surface area (Å²) in [7, 11) is -2.12. The molecule has 2 aromatic carbocycles. The van der Waals surface area contributed by atoms with E-state index in [1.165, 1.54) is 23.5 Å². The fraction of sp³-hybridized carbons (Fsp3) is 0.250. The Hall–Kier alpha value is -1.76. The summed E-state index contributed by atoms with van der Waals surface area (Å²) in [5, 5.41) is 0.539. The highest BCUT2D eigenvalue weighted by atomic mass is 35.5. The van der Waals surface area contributed by atoms with Gasteiger partial charge in [-0.25, -0.2) is 8.42 Å². The summed E-state index contributed by atoms with van der Waals surface area (Å²) >= 11 is 6.10. The molecule has 0 aliphatic carbocycles. The van der Waals surface area contributed by atoms with Crippen LogP contribution < -0.4 is 9.47 Å². The van der Waals surface area contributed by atoms with E-state index in [2.05, 4.69) is 0 Å². The van der Waals surface area contributed by atoms with Gasteiger partial charge >= 0.3 is 0 Å². The van der Waals surface area contributed by atoms with Crippen LogP contribution in [-0.2, 0) is 16.6 Å². The number of fused-ring (bicyclic) bond motifs is 1. The van der Waals surface area contributed by atoms with Gasteiger partial charge in [0.05, 0.1) is 4.90 Å². The van der Waals surface area contributed by atoms with Gasteiger partial charge in [0.2, 0.25) is 10.0 Å². The van der Waals surface area contributed by atoms with E-state index in [1.54, 1.807) is 24.3 Å². The van der Waals surface area contributed by atoms with Gasteiger partial charge in [0.25, 0.3) is 0 Å². The van der Waals surface area contributed by atoms with Crippen molar-refractivity contribution in [1.82, 2.24) is 4.31 Å². The summed E-state index contributed by atoms with van der Waals surface area (Å²) in [4.78, 5) is 0.163. The fourth-order valence-corrected chi connectivity index (χ4v) is 3.68. The molecule has 0 fully saturated rings. The highest BCUT2D eigenvalue weighted by Crippen LogP contribution is 2.33. The lowest BCUT2D eigenvalue weighted by molar-refractivity contribution is 0.171. The Morgan fingerprint density at radius 1 is 1.09 bits per heavy atom. The minimum atomic E-state index is -3.65. The molecule has 0 unspecified atom stereocenters. The molecule has 1 heterocycles. The Kier molecular flexibility index (Phi) is 4.48. The monoisotopic (exact) mass is 353 g/mol. The van der Waals surface area contributed by atoms with Crippen LogP contribution >= 0.6 is 11.6 Å². The highest BCUT2D eigenvalue weighted by molar-refractivity contribution is 7.89. The predicted molar refractivity (Wildman–Crippen MR) is 87.5 cm³/mol. The van der Waals surface area contributed by atoms with Crippen LogP contribution in [0.4, 0.5) is 0 Å². The smallest absolute Gasteiger partial charge is 0.243 e. The quantitative estimate of drug-likeness (QED) is 0.848. The van der Waals surface area contributed by atoms with Crippen molar-refractivity contribution in [3.63, 3.8) is 0 Å². The van der Waals surface area contributed by atoms with Crippen molar-refractivity contribution in [3.05, 3.63) is 53.1 Å². The molecule has 0 bridgehead atoms. The van der Waals surface area contributed by atoms with Crippen LogP contribution in [0.25, 0.3) is 0 Å². The van der Waals surface area contributed by atoms with Gasteiger partial charge in [0.15, 0.2) is 11.5 Å². The first-order valence-corrected chi connectivity index (χ1v) is 8.90. The van der Waals surface area contributed by atoms with E-state index in [4.69, 9.17) is 21.1 Å². The molecular formula is C16H16ClNO4S. The van der Waals surface area contributed by atoms with Crippen molar-refractivity contribution in [2.45, 2.75) is 11.4 Å². The number of rotatable bonds is 4. The van der Waals surface area contributed by atoms with Gasteiger partial charge in [-0.05, 0) is 23.8 Å². The molecule has 0 aromatic heterocycles. The van der Waals surface area contributed by atoms with Gasteiger partial charge in [0.1, 0.15) is 13.2 Å². The Morgan fingerprint density at radius 2 is 1.78 bits per heavy atom. The first-order valence-electron chi connectivity index (χ1n) is 7.08. The highest BCUT2D eigenvalue weighted by Gasteiger charge is 2.24. The summed E-state index contributed by atoms with van der Waals surface area (Å²) in [6, 6.07) is 11.8. The van der Waals surface area contributed by atoms with E-state index in [0.29, 0.717) is 29.7 Å². The largest absolute Gasteiger partial charge is 0.486 e. The summed E-state index contributed by atoms with van der Waals surface area (Å²) < 4.78 is 37.6. The van der Waals surface area contributed by atoms with E-state index in [9.17, 15) is 8.42 Å². The Balaban J connectivity index is 1.87. The lowest BCUT2D eigenvalue weighted by Crippen LogP contribution is -2.27. The minimum Gasteiger partial charge on any atom is -0.486 e. The van der Waals surface area contributed by atoms with E-state index >= 15 is 0 Å². The van der Waals surface area contributed by atoms with Crippen molar-refractivity contribution in [2.75, 3.05) is 20.3 Å². The standard InChI is InChI=1S/C16H16ClNO4S/c1-18(11-12-4-2-3-5-14(12)17)23(19,20)13-6-7-15-16(10-13)22-9-8-21-15/h2-7,10H,8-9,11H2,1H3. The summed E-state index contributed by atoms with van der Waals surface area (Å²) in [6.45, 7) is 1.06. The maximum absolute atomic E-state index is 12.7. The zero-order valence-corrected chi connectivity index (χ0v) is 14.1. The van der Waals surface area contributed by atoms with Crippen LogP contribution in [0.1, 0.15) is 5.56 Å². The molecule has 0 spiro atoms. The average Bonchev–Trinajstić information content (AvgIpc) is 2.56. The number of benzene rings is 2. The third kappa shape index (κ3) is 3.29. The Morgan fingerprint density at radius 3 is 2.52 bits per heavy atom. The van der Waals surface area contributed by atoms with Gasteiger partial charge in [-0.3, -0.25) is 0 Å². The second kappa shape index (κ2) is 6.39. The number of hydrogen-bond acceptors (Lipinski definition) is 4. The van der Waals surface area contributed by atoms with Gasteiger partial charge in [-0.15, -0.1) is 0 Å². The predicted octanol–water partition coefficient (Wildman–Crippen LogP) is 2.93. The van der Waals surface area contributed by atoms with Crippen LogP contribution in [0.2, 0.25) is 5.02 Å². The second-order valence-corrected chi connectivity index (χ2v) is 7.61. The maximum Gasteiger partial charge on any atom is 0.243 e. The molecule has 23 heavy (non-hydrogen) atoms. The maximum atomic E-state index is 12.7. The SMILES string of the molecule is CN(Cc1ccccc1Cl)S(=O)(=O)c1ccc2c(c1)OCCO2. The molecule has 0 saturated carbocycles. The van der Waals surface area contributed by atoms with E-state index in [0.717, 1.165) is 5.56 Å². The fourth-order valence-electron chi connectivity index (χ4n) is 2.32. The molecule has 2 aromatic rings. The number of hydrogen-bond donors (Lipinski definition) is 0. The molecule has 0 amide bonds. The lowest BCUT2D eigenvalue weighted by atomic mass is 10.2. The van der Waals surface area contributed by atoms with E-state index < -0.39 is 10.0 Å². The van der Waals surface area contributed by atoms with Gasteiger partial charge in [-0.2, -0.15) is 4.31 Å². The van der Waals surface area contributed by atoms with Crippen molar-refractivity contribution in [1.29, 1.82) is 0 Å². The molecule has 7 heteroatoms. The van der Waals surface area contributed by atoms with Crippen LogP contribution in [0.15, 0.2) is 47.4 Å². The van der Waals surface area contributed by atoms with Crippen LogP contribution in [-0.4, -0.2) is 33.0 Å². The van der Waals surface area contributed by atoms with Gasteiger partial charge in [0, 0.05) is 24.7 Å². The number of sulfonamides is 1. The Bertz CT molecular complexity index is 823. The molecule has 5 nitrogen and oxygen atoms in total. The number of nitrogens with zero attached hydrogens (tertiary/aromatic N) is 1. The Labute approximate surface area is 140 Å². The normalized spacial score (nSPS) is 14.0. The van der Waals surface area contributed by atoms with Crippen LogP contribution in [0.3, 0.4) is 0 Å². The first kappa shape index (κ1) is 16.1. The molecule has 0 radical (unpaired) electrons. The lowest BCUT2D eigenvalue weighted by Gasteiger charge is -2.21. The second-order valence-electron chi connectivity index (χ2n) is 5.16. The van der Waals surface area contributed by atoms with E-state index in [1.807, 2.05) is 6.07 Å². The summed E-state index contributed by atoms with van der Waals surface area (Å²) in [5.74, 6) is 1.01. The van der Waals surface area contributed by atoms with Gasteiger partial charge < -0.3 is 9.47 Å². The summed E-state index contributed by atoms with van der Waals surface area (Å²) in [6.07, 6.45) is 0. The molecule has 3 rings (SSSR count). The van der Waals surface area contributed by atoms with Crippen molar-refractivity contribution in [2.24, 2.45) is 0 Å². The number of ether oxygens (including phenoxy) is 2. The molecule has 1 aliphatic heterocycles. The van der Waals surface area contributed by atoms with Crippen molar-refractivity contribution < 1.29 is 17.9 Å². The molecule has 0 N–H and O–H groups in total. The number of halogens is 1. The van der Waals surface area contributed by atoms with E-state index in [-0.39, 0.29) is 11.4 Å². The van der Waals surface area contributed by atoms with Crippen LogP contribution in [0.5, 0.6) is 11.5 Å². The zero-order valence-electron chi connectivity index (χ0n) is 12.5. The third-order valence-corrected chi connectivity index (χ3v) is 5.74. The molecule has 0 saturated heterocycles. The van der Waals surface area contributed by atoms with Gasteiger partial charge in [-0.1, -0.05) is 29.8 Å². The van der Waals surface area contributed by atoms with Crippen molar-refractivity contribution in [3.8, 4) is 11.5 Å². The molecular weight excluding hydrogens is 338 g/mol. The zero-order chi connectivity index (χ0) is 16.4. The molecule has 122 valence electrons. The van der Waals surface area contributed by atoms with Crippen LogP contribution in [0, 0.1) is 0 Å². The minimum absolute atomic E-state index is 0.163. The average molecular weight is 354 g/mol. The molecule has 1 aliphatic rings.